The number of aliphatic hydroxyl groups excluding tert-OH is 1. The first kappa shape index (κ1) is 31.3. The molecular formula is C32H43ClN2O6. The Morgan fingerprint density at radius 1 is 1.27 bits per heavy atom. The normalized spacial score (nSPS) is 28.9. The maximum Gasteiger partial charge on any atom is 0.312 e. The Bertz CT molecular complexity index is 1160. The molecule has 3 aliphatic heterocycles. The lowest BCUT2D eigenvalue weighted by atomic mass is 9.65. The second-order valence-corrected chi connectivity index (χ2v) is 11.8. The summed E-state index contributed by atoms with van der Waals surface area (Å²) in [5.74, 6) is -2.89. The van der Waals surface area contributed by atoms with Crippen molar-refractivity contribution in [2.24, 2.45) is 11.8 Å². The molecule has 2 bridgehead atoms. The number of esters is 1. The Labute approximate surface area is 248 Å². The average Bonchev–Trinajstić information content (AvgIpc) is 3.56. The van der Waals surface area contributed by atoms with Crippen molar-refractivity contribution in [3.8, 4) is 0 Å². The molecule has 9 heteroatoms. The van der Waals surface area contributed by atoms with Crippen LogP contribution in [0.15, 0.2) is 43.5 Å². The molecule has 3 heterocycles. The number of benzene rings is 1. The predicted molar refractivity (Wildman–Crippen MR) is 159 cm³/mol. The van der Waals surface area contributed by atoms with Gasteiger partial charge < -0.3 is 24.4 Å². The van der Waals surface area contributed by atoms with Gasteiger partial charge in [-0.15, -0.1) is 13.2 Å². The van der Waals surface area contributed by atoms with Gasteiger partial charge in [0.05, 0.1) is 41.5 Å². The van der Waals surface area contributed by atoms with E-state index in [-0.39, 0.29) is 31.6 Å². The minimum absolute atomic E-state index is 0.160. The summed E-state index contributed by atoms with van der Waals surface area (Å²) in [7, 11) is 0. The summed E-state index contributed by atoms with van der Waals surface area (Å²) in [4.78, 5) is 45.9. The molecule has 8 nitrogen and oxygen atoms in total. The number of carbonyl (C=O) groups is 3. The van der Waals surface area contributed by atoms with Gasteiger partial charge >= 0.3 is 5.97 Å². The first-order chi connectivity index (χ1) is 19.7. The number of carbonyl (C=O) groups excluding carboxylic acids is 3. The van der Waals surface area contributed by atoms with Crippen LogP contribution in [0.2, 0.25) is 5.02 Å². The van der Waals surface area contributed by atoms with E-state index >= 15 is 0 Å². The van der Waals surface area contributed by atoms with Gasteiger partial charge in [-0.25, -0.2) is 0 Å². The fourth-order valence-corrected chi connectivity index (χ4v) is 7.61. The van der Waals surface area contributed by atoms with Gasteiger partial charge in [-0.3, -0.25) is 14.4 Å². The molecule has 3 fully saturated rings. The van der Waals surface area contributed by atoms with E-state index in [1.165, 1.54) is 4.90 Å². The molecule has 3 saturated heterocycles. The molecule has 0 saturated carbocycles. The number of aliphatic hydroxyl groups is 1. The molecule has 0 radical (unpaired) electrons. The predicted octanol–water partition coefficient (Wildman–Crippen LogP) is 4.99. The number of likely N-dealkylation sites (tertiary alicyclic amines) is 1. The van der Waals surface area contributed by atoms with E-state index < -0.39 is 41.1 Å². The molecule has 1 spiro atoms. The number of anilines is 1. The Morgan fingerprint density at radius 2 is 2.02 bits per heavy atom. The second-order valence-electron chi connectivity index (χ2n) is 11.4. The largest absolute Gasteiger partial charge is 0.465 e. The molecule has 1 aromatic carbocycles. The number of rotatable bonds is 14. The highest BCUT2D eigenvalue weighted by atomic mass is 35.5. The van der Waals surface area contributed by atoms with Crippen LogP contribution in [0, 0.1) is 18.8 Å². The van der Waals surface area contributed by atoms with Crippen molar-refractivity contribution in [3.63, 3.8) is 0 Å². The Kier molecular flexibility index (Phi) is 9.66. The van der Waals surface area contributed by atoms with Crippen LogP contribution in [0.4, 0.5) is 5.69 Å². The molecule has 1 N–H and O–H groups in total. The van der Waals surface area contributed by atoms with E-state index in [9.17, 15) is 19.5 Å². The molecule has 1 aromatic rings. The van der Waals surface area contributed by atoms with Crippen LogP contribution >= 0.6 is 11.6 Å². The molecule has 4 rings (SSSR count). The highest BCUT2D eigenvalue weighted by Gasteiger charge is 2.79. The van der Waals surface area contributed by atoms with E-state index in [1.807, 2.05) is 39.0 Å². The third-order valence-electron chi connectivity index (χ3n) is 9.27. The summed E-state index contributed by atoms with van der Waals surface area (Å²) in [5, 5.41) is 10.7. The van der Waals surface area contributed by atoms with Crippen molar-refractivity contribution in [1.82, 2.24) is 4.90 Å². The van der Waals surface area contributed by atoms with Gasteiger partial charge in [-0.2, -0.15) is 0 Å². The van der Waals surface area contributed by atoms with Crippen LogP contribution in [0.3, 0.4) is 0 Å². The van der Waals surface area contributed by atoms with E-state index in [4.69, 9.17) is 21.1 Å². The minimum atomic E-state index is -1.23. The molecule has 0 aliphatic carbocycles. The van der Waals surface area contributed by atoms with Crippen molar-refractivity contribution < 1.29 is 29.0 Å². The van der Waals surface area contributed by atoms with Crippen LogP contribution in [0.25, 0.3) is 0 Å². The molecular weight excluding hydrogens is 544 g/mol. The molecule has 224 valence electrons. The number of allylic oxidation sites excluding steroid dienone is 1. The summed E-state index contributed by atoms with van der Waals surface area (Å²) in [6, 6.07) is 3.74. The molecule has 41 heavy (non-hydrogen) atoms. The third-order valence-corrected chi connectivity index (χ3v) is 9.57. The molecule has 2 amide bonds. The summed E-state index contributed by atoms with van der Waals surface area (Å²) in [5.41, 5.74) is -0.787. The Morgan fingerprint density at radius 3 is 2.63 bits per heavy atom. The molecule has 0 aromatic heterocycles. The van der Waals surface area contributed by atoms with Gasteiger partial charge in [0.25, 0.3) is 5.91 Å². The highest BCUT2D eigenvalue weighted by molar-refractivity contribution is 6.34. The Hall–Kier alpha value is -2.68. The zero-order chi connectivity index (χ0) is 29.9. The summed E-state index contributed by atoms with van der Waals surface area (Å²) < 4.78 is 12.6. The Balaban J connectivity index is 1.79. The minimum Gasteiger partial charge on any atom is -0.465 e. The number of amides is 2. The van der Waals surface area contributed by atoms with Crippen LogP contribution in [-0.4, -0.2) is 70.8 Å². The zero-order valence-electron chi connectivity index (χ0n) is 24.4. The van der Waals surface area contributed by atoms with Gasteiger partial charge in [0.1, 0.15) is 17.6 Å². The van der Waals surface area contributed by atoms with Gasteiger partial charge in [0, 0.05) is 6.54 Å². The number of ether oxygens (including phenoxy) is 2. The SMILES string of the molecule is C=CCCCCOC(=O)[C@@H]1[C@H]2C(=O)N([C@@H](CC)CO)C(C(=O)N(CC=C)c3c(C)cccc3Cl)C23CC[C@@]1(CC)O3. The summed E-state index contributed by atoms with van der Waals surface area (Å²) in [6.07, 6.45) is 7.73. The van der Waals surface area contributed by atoms with E-state index in [0.717, 1.165) is 18.4 Å². The van der Waals surface area contributed by atoms with Crippen LogP contribution < -0.4 is 4.90 Å². The van der Waals surface area contributed by atoms with Crippen molar-refractivity contribution >= 4 is 35.1 Å². The lowest BCUT2D eigenvalue weighted by Gasteiger charge is -2.39. The van der Waals surface area contributed by atoms with Crippen molar-refractivity contribution in [1.29, 1.82) is 0 Å². The summed E-state index contributed by atoms with van der Waals surface area (Å²) >= 11 is 6.62. The smallest absolute Gasteiger partial charge is 0.312 e. The van der Waals surface area contributed by atoms with Gasteiger partial charge in [-0.1, -0.05) is 49.7 Å². The fourth-order valence-electron chi connectivity index (χ4n) is 7.29. The number of halogens is 1. The van der Waals surface area contributed by atoms with E-state index in [1.54, 1.807) is 17.0 Å². The first-order valence-electron chi connectivity index (χ1n) is 14.8. The van der Waals surface area contributed by atoms with Gasteiger partial charge in [0.15, 0.2) is 0 Å². The highest BCUT2D eigenvalue weighted by Crippen LogP contribution is 2.65. The van der Waals surface area contributed by atoms with E-state index in [0.29, 0.717) is 42.8 Å². The lowest BCUT2D eigenvalue weighted by molar-refractivity contribution is -0.162. The van der Waals surface area contributed by atoms with Gasteiger partial charge in [-0.05, 0) is 63.5 Å². The standard InChI is InChI=1S/C32H43ClN2O6/c1-6-10-11-12-19-40-30(39)25-24-28(37)35(22(8-3)20-36)27(32(24)17-16-31(25,9-4)41-32)29(38)34(18-7-2)26-21(5)14-13-15-23(26)33/h6-7,13-15,22,24-25,27,36H,1-2,8-12,16-20H2,3-5H3/t22-,24-,25-,27?,31+,32?/m0/s1. The number of aryl methyl sites for hydroxylation is 1. The topological polar surface area (TPSA) is 96.4 Å². The monoisotopic (exact) mass is 586 g/mol. The number of hydrogen-bond donors (Lipinski definition) is 1. The molecule has 3 aliphatic rings. The van der Waals surface area contributed by atoms with Crippen LogP contribution in [-0.2, 0) is 23.9 Å². The fraction of sp³-hybridized carbons (Fsp3) is 0.594. The van der Waals surface area contributed by atoms with Gasteiger partial charge in [0.2, 0.25) is 5.91 Å². The maximum atomic E-state index is 14.7. The number of unbranched alkanes of at least 4 members (excludes halogenated alkanes) is 2. The van der Waals surface area contributed by atoms with Crippen LogP contribution in [0.5, 0.6) is 0 Å². The first-order valence-corrected chi connectivity index (χ1v) is 15.1. The second kappa shape index (κ2) is 12.7. The lowest BCUT2D eigenvalue weighted by Crippen LogP contribution is -2.59. The number of hydrogen-bond acceptors (Lipinski definition) is 6. The number of para-hydroxylation sites is 1. The van der Waals surface area contributed by atoms with Crippen LogP contribution in [0.1, 0.15) is 64.4 Å². The maximum absolute atomic E-state index is 14.7. The van der Waals surface area contributed by atoms with Crippen molar-refractivity contribution in [2.45, 2.75) is 89.0 Å². The summed E-state index contributed by atoms with van der Waals surface area (Å²) in [6.45, 7) is 13.4. The van der Waals surface area contributed by atoms with Crippen molar-refractivity contribution in [3.05, 3.63) is 54.1 Å². The number of fused-ring (bicyclic) bond motifs is 1. The quantitative estimate of drug-likeness (QED) is 0.187. The zero-order valence-corrected chi connectivity index (χ0v) is 25.2. The van der Waals surface area contributed by atoms with Crippen molar-refractivity contribution in [2.75, 3.05) is 24.7 Å². The third kappa shape index (κ3) is 5.12. The molecule has 2 unspecified atom stereocenters. The number of nitrogens with zero attached hydrogens (tertiary/aromatic N) is 2. The average molecular weight is 587 g/mol. The van der Waals surface area contributed by atoms with E-state index in [2.05, 4.69) is 13.2 Å². The molecule has 6 atom stereocenters.